The number of hydrogen-bond acceptors (Lipinski definition) is 2. The Morgan fingerprint density at radius 3 is 1.54 bits per heavy atom. The van der Waals surface area contributed by atoms with E-state index < -0.39 is 24.2 Å². The lowest BCUT2D eigenvalue weighted by molar-refractivity contribution is 0.619. The molecule has 48 heavy (non-hydrogen) atoms. The minimum Gasteiger partial charge on any atom is -0.463 e. The molecule has 2 heterocycles. The fourth-order valence-corrected chi connectivity index (χ4v) is 7.10. The third kappa shape index (κ3) is 4.00. The highest BCUT2D eigenvalue weighted by Crippen LogP contribution is 2.46. The van der Waals surface area contributed by atoms with E-state index in [2.05, 4.69) is 0 Å². The van der Waals surface area contributed by atoms with Gasteiger partial charge in [-0.1, -0.05) is 145 Å². The summed E-state index contributed by atoms with van der Waals surface area (Å²) in [5.74, 6) is 0. The highest BCUT2D eigenvalue weighted by atomic mass is 16.3. The third-order valence-corrected chi connectivity index (χ3v) is 9.21. The first-order valence-corrected chi connectivity index (χ1v) is 15.7. The minimum atomic E-state index is -0.433. The molecule has 2 heteroatoms. The van der Waals surface area contributed by atoms with Crippen LogP contribution in [-0.4, -0.2) is 0 Å². The smallest absolute Gasteiger partial charge is 0.146 e. The maximum Gasteiger partial charge on any atom is 0.146 e. The van der Waals surface area contributed by atoms with E-state index in [4.69, 9.17) is 17.1 Å². The van der Waals surface area contributed by atoms with Crippen LogP contribution in [0.25, 0.3) is 99.0 Å². The van der Waals surface area contributed by atoms with E-state index in [1.165, 1.54) is 0 Å². The van der Waals surface area contributed by atoms with Crippen LogP contribution in [0.5, 0.6) is 0 Å². The Balaban J connectivity index is 1.26. The van der Waals surface area contributed by atoms with Crippen molar-refractivity contribution in [1.82, 2.24) is 0 Å². The van der Waals surface area contributed by atoms with Gasteiger partial charge in [0.1, 0.15) is 16.7 Å². The van der Waals surface area contributed by atoms with Gasteiger partial charge in [-0.2, -0.15) is 0 Å². The number of hydrogen-bond donors (Lipinski definition) is 0. The van der Waals surface area contributed by atoms with Gasteiger partial charge in [-0.3, -0.25) is 0 Å². The maximum absolute atomic E-state index is 9.22. The Hall–Kier alpha value is -6.38. The molecule has 0 aliphatic carbocycles. The van der Waals surface area contributed by atoms with Crippen molar-refractivity contribution in [3.05, 3.63) is 170 Å². The molecule has 10 rings (SSSR count). The van der Waals surface area contributed by atoms with Gasteiger partial charge in [0, 0.05) is 16.3 Å². The van der Waals surface area contributed by atoms with Gasteiger partial charge >= 0.3 is 0 Å². The van der Waals surface area contributed by atoms with E-state index in [0.29, 0.717) is 39.0 Å². The van der Waals surface area contributed by atoms with Gasteiger partial charge in [-0.15, -0.1) is 0 Å². The third-order valence-electron chi connectivity index (χ3n) is 9.21. The molecule has 0 unspecified atom stereocenters. The largest absolute Gasteiger partial charge is 0.463 e. The molecule has 2 nitrogen and oxygen atoms in total. The van der Waals surface area contributed by atoms with Crippen LogP contribution in [0.4, 0.5) is 0 Å². The van der Waals surface area contributed by atoms with E-state index in [0.717, 1.165) is 38.4 Å². The lowest BCUT2D eigenvalue weighted by Gasteiger charge is -2.18. The number of rotatable bonds is 4. The van der Waals surface area contributed by atoms with Crippen molar-refractivity contribution in [2.24, 2.45) is 0 Å². The molecular formula is C46H28O2. The molecule has 0 radical (unpaired) electrons. The van der Waals surface area contributed by atoms with Crippen molar-refractivity contribution in [2.75, 3.05) is 0 Å². The molecule has 0 aliphatic heterocycles. The number of fused-ring (bicyclic) bond motifs is 7. The maximum atomic E-state index is 9.22. The summed E-state index contributed by atoms with van der Waals surface area (Å²) in [5, 5.41) is 3.41. The van der Waals surface area contributed by atoms with Crippen molar-refractivity contribution in [3.8, 4) is 44.5 Å². The van der Waals surface area contributed by atoms with Crippen LogP contribution in [0.3, 0.4) is 0 Å². The fraction of sp³-hybridized carbons (Fsp3) is 0. The van der Waals surface area contributed by atoms with E-state index in [1.807, 2.05) is 91.0 Å². The summed E-state index contributed by atoms with van der Waals surface area (Å²) >= 11 is 0. The summed E-state index contributed by atoms with van der Waals surface area (Å²) in [5.41, 5.74) is 7.56. The quantitative estimate of drug-likeness (QED) is 0.183. The van der Waals surface area contributed by atoms with Crippen LogP contribution in [0.15, 0.2) is 179 Å². The average Bonchev–Trinajstić information content (AvgIpc) is 3.85. The normalized spacial score (nSPS) is 14.1. The summed E-state index contributed by atoms with van der Waals surface area (Å²) in [6, 6.07) is 33.5. The Morgan fingerprint density at radius 2 is 0.917 bits per heavy atom. The molecule has 2 aromatic heterocycles. The average molecular weight is 621 g/mol. The monoisotopic (exact) mass is 620 g/mol. The highest BCUT2D eigenvalue weighted by Gasteiger charge is 2.20. The van der Waals surface area contributed by atoms with Gasteiger partial charge in [0.05, 0.1) is 22.6 Å². The van der Waals surface area contributed by atoms with Gasteiger partial charge in [-0.25, -0.2) is 0 Å². The first-order valence-electron chi connectivity index (χ1n) is 19.7. The van der Waals surface area contributed by atoms with Gasteiger partial charge in [0.15, 0.2) is 0 Å². The SMILES string of the molecule is [2H]c1c([2H])c([2H])c2c(-c3ccc(-c4cccc5oc6ccc7c(-c8ccccc8)coc7c6c45)cc3)c3c([2H])c([2H])c([2H])c([2H])c3c(-c3ccccc3)c2c1[2H]. The molecule has 0 atom stereocenters. The Morgan fingerprint density at radius 1 is 0.396 bits per heavy atom. The Labute approximate surface area is 288 Å². The van der Waals surface area contributed by atoms with E-state index in [1.54, 1.807) is 30.5 Å². The molecule has 0 aliphatic rings. The molecule has 0 spiro atoms. The molecule has 224 valence electrons. The predicted octanol–water partition coefficient (Wildman–Crippen LogP) is 13.3. The lowest BCUT2D eigenvalue weighted by atomic mass is 9.85. The molecule has 0 saturated carbocycles. The zero-order valence-electron chi connectivity index (χ0n) is 33.4. The summed E-state index contributed by atoms with van der Waals surface area (Å²) in [4.78, 5) is 0. The second-order valence-electron chi connectivity index (χ2n) is 11.8. The van der Waals surface area contributed by atoms with Crippen molar-refractivity contribution < 1.29 is 19.8 Å². The molecule has 10 aromatic rings. The first-order chi connectivity index (χ1) is 27.2. The van der Waals surface area contributed by atoms with Crippen LogP contribution < -0.4 is 0 Å². The topological polar surface area (TPSA) is 26.3 Å². The summed E-state index contributed by atoms with van der Waals surface area (Å²) < 4.78 is 84.1. The van der Waals surface area contributed by atoms with Gasteiger partial charge in [0.2, 0.25) is 0 Å². The summed E-state index contributed by atoms with van der Waals surface area (Å²) in [6.45, 7) is 0. The first kappa shape index (κ1) is 20.0. The molecule has 0 saturated heterocycles. The second kappa shape index (κ2) is 10.6. The predicted molar refractivity (Wildman–Crippen MR) is 200 cm³/mol. The summed E-state index contributed by atoms with van der Waals surface area (Å²) in [6.07, 6.45) is 1.77. The van der Waals surface area contributed by atoms with E-state index in [-0.39, 0.29) is 45.7 Å². The zero-order valence-corrected chi connectivity index (χ0v) is 25.4. The van der Waals surface area contributed by atoms with Crippen LogP contribution in [0.2, 0.25) is 0 Å². The van der Waals surface area contributed by atoms with Gasteiger partial charge in [-0.05, 0) is 78.7 Å². The van der Waals surface area contributed by atoms with Crippen LogP contribution in [0, 0.1) is 0 Å². The highest BCUT2D eigenvalue weighted by molar-refractivity contribution is 6.23. The lowest BCUT2D eigenvalue weighted by Crippen LogP contribution is -1.90. The van der Waals surface area contributed by atoms with Crippen molar-refractivity contribution >= 4 is 54.5 Å². The van der Waals surface area contributed by atoms with Crippen LogP contribution >= 0.6 is 0 Å². The van der Waals surface area contributed by atoms with E-state index in [9.17, 15) is 2.74 Å². The number of furan rings is 2. The molecule has 0 N–H and O–H groups in total. The van der Waals surface area contributed by atoms with E-state index >= 15 is 0 Å². The minimum absolute atomic E-state index is 0.178. The number of benzene rings is 8. The van der Waals surface area contributed by atoms with Gasteiger partial charge in [0.25, 0.3) is 0 Å². The molecule has 0 fully saturated rings. The Kier molecular flexibility index (Phi) is 4.41. The van der Waals surface area contributed by atoms with Crippen molar-refractivity contribution in [1.29, 1.82) is 0 Å². The van der Waals surface area contributed by atoms with Crippen molar-refractivity contribution in [2.45, 2.75) is 0 Å². The van der Waals surface area contributed by atoms with Crippen molar-refractivity contribution in [3.63, 3.8) is 0 Å². The Bertz CT molecular complexity index is 3180. The molecule has 8 aromatic carbocycles. The van der Waals surface area contributed by atoms with Crippen LogP contribution in [-0.2, 0) is 0 Å². The molecule has 0 amide bonds. The zero-order chi connectivity index (χ0) is 38.6. The van der Waals surface area contributed by atoms with Crippen LogP contribution in [0.1, 0.15) is 11.0 Å². The standard InChI is InChI=1S/C46H28O2/c1-3-12-29(13-4-1)39-28-47-46-38(39)26-27-41-45(46)44-33(20-11-21-40(44)48-41)30-22-24-32(25-23-30)43-36-18-9-7-16-34(36)42(31-14-5-2-6-15-31)35-17-8-10-19-37(35)43/h1-28H/i7D,8D,9D,10D,16D,17D,18D,19D. The second-order valence-corrected chi connectivity index (χ2v) is 11.8. The fourth-order valence-electron chi connectivity index (χ4n) is 7.10. The molecule has 0 bridgehead atoms. The summed E-state index contributed by atoms with van der Waals surface area (Å²) in [7, 11) is 0. The molecular weight excluding hydrogens is 585 g/mol. The van der Waals surface area contributed by atoms with Gasteiger partial charge < -0.3 is 8.83 Å².